The summed E-state index contributed by atoms with van der Waals surface area (Å²) in [5.74, 6) is -2.00. The smallest absolute Gasteiger partial charge is 0.329 e. The predicted octanol–water partition coefficient (Wildman–Crippen LogP) is 0.775. The van der Waals surface area contributed by atoms with Gasteiger partial charge in [0, 0.05) is 10.0 Å². The highest BCUT2D eigenvalue weighted by atomic mass is 79.9. The number of benzene rings is 1. The van der Waals surface area contributed by atoms with Crippen LogP contribution in [0.2, 0.25) is 0 Å². The van der Waals surface area contributed by atoms with Crippen molar-refractivity contribution in [3.8, 4) is 0 Å². The molecule has 0 aromatic heterocycles. The molecule has 0 aliphatic heterocycles. The summed E-state index contributed by atoms with van der Waals surface area (Å²) < 4.78 is 0.851. The Morgan fingerprint density at radius 1 is 1.38 bits per heavy atom. The summed E-state index contributed by atoms with van der Waals surface area (Å²) in [6.07, 6.45) is 0. The van der Waals surface area contributed by atoms with Gasteiger partial charge in [-0.05, 0) is 13.0 Å². The first-order valence-electron chi connectivity index (χ1n) is 4.41. The zero-order valence-electron chi connectivity index (χ0n) is 8.53. The van der Waals surface area contributed by atoms with E-state index in [2.05, 4.69) is 26.5 Å². The number of amides is 2. The maximum Gasteiger partial charge on any atom is 0.329 e. The molecule has 84 valence electrons. The molecule has 6 heteroatoms. The third-order valence-electron chi connectivity index (χ3n) is 1.81. The average molecular weight is 284 g/mol. The molecule has 3 N–H and O–H groups in total. The van der Waals surface area contributed by atoms with E-state index >= 15 is 0 Å². The van der Waals surface area contributed by atoms with Crippen LogP contribution in [0.4, 0.5) is 0 Å². The van der Waals surface area contributed by atoms with Gasteiger partial charge < -0.3 is 5.73 Å². The second-order valence-electron chi connectivity index (χ2n) is 2.98. The van der Waals surface area contributed by atoms with Crippen molar-refractivity contribution in [2.75, 3.05) is 0 Å². The second kappa shape index (κ2) is 5.41. The molecular formula is C10H10BrN3O2. The van der Waals surface area contributed by atoms with E-state index in [1.165, 1.54) is 0 Å². The van der Waals surface area contributed by atoms with Crippen molar-refractivity contribution in [2.45, 2.75) is 6.92 Å². The summed E-state index contributed by atoms with van der Waals surface area (Å²) in [4.78, 5) is 21.3. The number of carbonyl (C=O) groups is 2. The van der Waals surface area contributed by atoms with Crippen molar-refractivity contribution in [3.63, 3.8) is 0 Å². The lowest BCUT2D eigenvalue weighted by molar-refractivity contribution is -0.137. The van der Waals surface area contributed by atoms with E-state index in [1.54, 1.807) is 6.92 Å². The van der Waals surface area contributed by atoms with Crippen LogP contribution in [-0.4, -0.2) is 17.5 Å². The fourth-order valence-electron chi connectivity index (χ4n) is 1.00. The molecule has 1 rings (SSSR count). The first kappa shape index (κ1) is 12.4. The number of nitrogens with one attached hydrogen (secondary N) is 1. The summed E-state index contributed by atoms with van der Waals surface area (Å²) in [6, 6.07) is 7.39. The van der Waals surface area contributed by atoms with E-state index in [0.29, 0.717) is 5.71 Å². The largest absolute Gasteiger partial charge is 0.361 e. The van der Waals surface area contributed by atoms with Gasteiger partial charge in [-0.15, -0.1) is 0 Å². The van der Waals surface area contributed by atoms with Gasteiger partial charge in [0.15, 0.2) is 0 Å². The number of hydrazone groups is 1. The van der Waals surface area contributed by atoms with E-state index in [-0.39, 0.29) is 0 Å². The van der Waals surface area contributed by atoms with Crippen molar-refractivity contribution in [3.05, 3.63) is 34.3 Å². The number of nitrogens with zero attached hydrogens (tertiary/aromatic N) is 1. The Kier molecular flexibility index (Phi) is 4.19. The van der Waals surface area contributed by atoms with Crippen LogP contribution >= 0.6 is 15.9 Å². The lowest BCUT2D eigenvalue weighted by atomic mass is 10.1. The first-order chi connectivity index (χ1) is 7.52. The number of carbonyl (C=O) groups excluding carboxylic acids is 2. The molecule has 0 bridgehead atoms. The van der Waals surface area contributed by atoms with Crippen molar-refractivity contribution < 1.29 is 9.59 Å². The van der Waals surface area contributed by atoms with Gasteiger partial charge in [-0.1, -0.05) is 34.1 Å². The van der Waals surface area contributed by atoms with Gasteiger partial charge in [0.25, 0.3) is 0 Å². The molecular weight excluding hydrogens is 274 g/mol. The maximum atomic E-state index is 10.9. The number of hydrogen-bond donors (Lipinski definition) is 2. The standard InChI is InChI=1S/C10H10BrN3O2/c1-6(13-14-10(16)9(12)15)7-4-2-3-5-8(7)11/h2-5H,1H3,(H2,12,15)(H,14,16)/b13-6-. The summed E-state index contributed by atoms with van der Waals surface area (Å²) in [6.45, 7) is 1.71. The Balaban J connectivity index is 2.83. The quantitative estimate of drug-likeness (QED) is 0.477. The molecule has 0 atom stereocenters. The van der Waals surface area contributed by atoms with E-state index in [1.807, 2.05) is 24.3 Å². The highest BCUT2D eigenvalue weighted by Crippen LogP contribution is 2.16. The zero-order valence-corrected chi connectivity index (χ0v) is 10.1. The van der Waals surface area contributed by atoms with Gasteiger partial charge in [-0.2, -0.15) is 5.10 Å². The van der Waals surface area contributed by atoms with Crippen LogP contribution in [0.5, 0.6) is 0 Å². The molecule has 5 nitrogen and oxygen atoms in total. The molecule has 2 amide bonds. The van der Waals surface area contributed by atoms with Gasteiger partial charge in [0.1, 0.15) is 0 Å². The number of primary amides is 1. The molecule has 0 unspecified atom stereocenters. The van der Waals surface area contributed by atoms with Crippen LogP contribution in [0.25, 0.3) is 0 Å². The van der Waals surface area contributed by atoms with Crippen molar-refractivity contribution >= 4 is 33.5 Å². The Morgan fingerprint density at radius 2 is 2.00 bits per heavy atom. The summed E-state index contributed by atoms with van der Waals surface area (Å²) in [5.41, 5.74) is 8.22. The lowest BCUT2D eigenvalue weighted by Gasteiger charge is -2.03. The van der Waals surface area contributed by atoms with Crippen LogP contribution in [0.1, 0.15) is 12.5 Å². The molecule has 0 spiro atoms. The van der Waals surface area contributed by atoms with Crippen LogP contribution < -0.4 is 11.2 Å². The van der Waals surface area contributed by atoms with Crippen molar-refractivity contribution in [1.82, 2.24) is 5.43 Å². The summed E-state index contributed by atoms with van der Waals surface area (Å²) in [7, 11) is 0. The second-order valence-corrected chi connectivity index (χ2v) is 3.84. The van der Waals surface area contributed by atoms with Crippen LogP contribution in [0.15, 0.2) is 33.8 Å². The monoisotopic (exact) mass is 283 g/mol. The first-order valence-corrected chi connectivity index (χ1v) is 5.20. The Labute approximate surface area is 101 Å². The Bertz CT molecular complexity index is 457. The highest BCUT2D eigenvalue weighted by Gasteiger charge is 2.07. The molecule has 1 aromatic carbocycles. The number of nitrogens with two attached hydrogens (primary N) is 1. The predicted molar refractivity (Wildman–Crippen MR) is 63.7 cm³/mol. The SMILES string of the molecule is C/C(=N/NC(=O)C(N)=O)c1ccccc1Br. The maximum absolute atomic E-state index is 10.9. The number of hydrogen-bond acceptors (Lipinski definition) is 3. The Morgan fingerprint density at radius 3 is 2.56 bits per heavy atom. The van der Waals surface area contributed by atoms with Gasteiger partial charge in [0.2, 0.25) is 0 Å². The van der Waals surface area contributed by atoms with Gasteiger partial charge in [-0.3, -0.25) is 9.59 Å². The highest BCUT2D eigenvalue weighted by molar-refractivity contribution is 9.10. The van der Waals surface area contributed by atoms with Crippen LogP contribution in [0.3, 0.4) is 0 Å². The minimum atomic E-state index is -1.07. The molecule has 0 saturated carbocycles. The Hall–Kier alpha value is -1.69. The third-order valence-corrected chi connectivity index (χ3v) is 2.50. The van der Waals surface area contributed by atoms with Gasteiger partial charge >= 0.3 is 11.8 Å². The molecule has 0 heterocycles. The van der Waals surface area contributed by atoms with Gasteiger partial charge in [0.05, 0.1) is 5.71 Å². The molecule has 1 aromatic rings. The third kappa shape index (κ3) is 3.16. The van der Waals surface area contributed by atoms with Gasteiger partial charge in [-0.25, -0.2) is 5.43 Å². The van der Waals surface area contributed by atoms with E-state index < -0.39 is 11.8 Å². The molecule has 0 saturated heterocycles. The molecule has 0 radical (unpaired) electrons. The number of rotatable bonds is 2. The topological polar surface area (TPSA) is 84.6 Å². The van der Waals surface area contributed by atoms with E-state index in [0.717, 1.165) is 10.0 Å². The van der Waals surface area contributed by atoms with Crippen LogP contribution in [-0.2, 0) is 9.59 Å². The van der Waals surface area contributed by atoms with E-state index in [9.17, 15) is 9.59 Å². The average Bonchev–Trinajstić information content (AvgIpc) is 2.25. The minimum absolute atomic E-state index is 0.571. The molecule has 0 fully saturated rings. The molecule has 0 aliphatic carbocycles. The summed E-state index contributed by atoms with van der Waals surface area (Å²) in [5, 5.41) is 3.76. The molecule has 0 aliphatic rings. The van der Waals surface area contributed by atoms with Crippen molar-refractivity contribution in [1.29, 1.82) is 0 Å². The number of halogens is 1. The summed E-state index contributed by atoms with van der Waals surface area (Å²) >= 11 is 3.35. The normalized spacial score (nSPS) is 11.0. The van der Waals surface area contributed by atoms with E-state index in [4.69, 9.17) is 5.73 Å². The lowest BCUT2D eigenvalue weighted by Crippen LogP contribution is -2.33. The fourth-order valence-corrected chi connectivity index (χ4v) is 1.58. The fraction of sp³-hybridized carbons (Fsp3) is 0.100. The zero-order chi connectivity index (χ0) is 12.1. The van der Waals surface area contributed by atoms with Crippen molar-refractivity contribution in [2.24, 2.45) is 10.8 Å². The van der Waals surface area contributed by atoms with Crippen LogP contribution in [0, 0.1) is 0 Å². The minimum Gasteiger partial charge on any atom is -0.361 e. The molecule has 16 heavy (non-hydrogen) atoms.